The Bertz CT molecular complexity index is 1020. The Morgan fingerprint density at radius 2 is 1.78 bits per heavy atom. The maximum Gasteiger partial charge on any atom is 0.417 e. The first-order valence-electron chi connectivity index (χ1n) is 7.59. The number of hydrogen-bond acceptors (Lipinski definition) is 4. The molecule has 0 radical (unpaired) electrons. The maximum atomic E-state index is 13.3. The molecular formula is C17H15ClF4N4O. The van der Waals surface area contributed by atoms with Crippen molar-refractivity contribution in [3.63, 3.8) is 0 Å². The van der Waals surface area contributed by atoms with Gasteiger partial charge in [0.2, 0.25) is 0 Å². The number of nitrogens with two attached hydrogens (primary N) is 1. The topological polar surface area (TPSA) is 72.9 Å². The van der Waals surface area contributed by atoms with E-state index in [2.05, 4.69) is 10.4 Å². The standard InChI is InChI=1S/C17H14F4N4O.ClH/c1-9(22)15-23-13-4-2-3-12(17(19,20)21)14(13)16(26)25(15)24-11-7-5-10(18)6-8-11;/h2-9,24H,22H2,1H3;1H/t9-;/m0./s1. The van der Waals surface area contributed by atoms with E-state index in [9.17, 15) is 22.4 Å². The highest BCUT2D eigenvalue weighted by Gasteiger charge is 2.34. The minimum absolute atomic E-state index is 0. The van der Waals surface area contributed by atoms with Crippen molar-refractivity contribution in [1.82, 2.24) is 9.66 Å². The van der Waals surface area contributed by atoms with Gasteiger partial charge in [-0.15, -0.1) is 12.4 Å². The molecule has 5 nitrogen and oxygen atoms in total. The van der Waals surface area contributed by atoms with E-state index in [4.69, 9.17) is 5.73 Å². The average Bonchev–Trinajstić information content (AvgIpc) is 2.57. The fraction of sp³-hybridized carbons (Fsp3) is 0.176. The molecule has 0 bridgehead atoms. The van der Waals surface area contributed by atoms with Crippen LogP contribution in [0.2, 0.25) is 0 Å². The molecule has 27 heavy (non-hydrogen) atoms. The van der Waals surface area contributed by atoms with Crippen LogP contribution in [0, 0.1) is 5.82 Å². The van der Waals surface area contributed by atoms with Gasteiger partial charge in [0.15, 0.2) is 0 Å². The quantitative estimate of drug-likeness (QED) is 0.652. The molecule has 1 atom stereocenters. The van der Waals surface area contributed by atoms with Gasteiger partial charge in [-0.1, -0.05) is 6.07 Å². The summed E-state index contributed by atoms with van der Waals surface area (Å²) in [6.45, 7) is 1.55. The molecular weight excluding hydrogens is 388 g/mol. The lowest BCUT2D eigenvalue weighted by Gasteiger charge is -2.19. The van der Waals surface area contributed by atoms with Crippen molar-refractivity contribution < 1.29 is 17.6 Å². The first kappa shape index (κ1) is 20.7. The molecule has 3 rings (SSSR count). The largest absolute Gasteiger partial charge is 0.417 e. The number of halogens is 5. The van der Waals surface area contributed by atoms with Gasteiger partial charge < -0.3 is 5.73 Å². The van der Waals surface area contributed by atoms with Gasteiger partial charge in [-0.05, 0) is 43.3 Å². The van der Waals surface area contributed by atoms with Gasteiger partial charge in [0.1, 0.15) is 11.6 Å². The Morgan fingerprint density at radius 1 is 1.15 bits per heavy atom. The van der Waals surface area contributed by atoms with Crippen LogP contribution in [0.5, 0.6) is 0 Å². The summed E-state index contributed by atoms with van der Waals surface area (Å²) in [5.41, 5.74) is 6.64. The summed E-state index contributed by atoms with van der Waals surface area (Å²) in [7, 11) is 0. The zero-order valence-electron chi connectivity index (χ0n) is 13.9. The molecule has 0 saturated carbocycles. The lowest BCUT2D eigenvalue weighted by Crippen LogP contribution is -2.34. The predicted molar refractivity (Wildman–Crippen MR) is 96.3 cm³/mol. The third-order valence-electron chi connectivity index (χ3n) is 3.72. The van der Waals surface area contributed by atoms with Crippen molar-refractivity contribution in [3.8, 4) is 0 Å². The van der Waals surface area contributed by atoms with Crippen LogP contribution in [0.25, 0.3) is 10.9 Å². The van der Waals surface area contributed by atoms with E-state index in [0.717, 1.165) is 22.9 Å². The summed E-state index contributed by atoms with van der Waals surface area (Å²) >= 11 is 0. The smallest absolute Gasteiger partial charge is 0.322 e. The Labute approximate surface area is 157 Å². The first-order valence-corrected chi connectivity index (χ1v) is 7.59. The number of anilines is 1. The van der Waals surface area contributed by atoms with Gasteiger partial charge in [-0.2, -0.15) is 13.2 Å². The van der Waals surface area contributed by atoms with E-state index in [0.29, 0.717) is 5.69 Å². The number of alkyl halides is 3. The molecule has 0 aliphatic carbocycles. The van der Waals surface area contributed by atoms with E-state index in [1.54, 1.807) is 6.92 Å². The van der Waals surface area contributed by atoms with Crippen LogP contribution in [0.15, 0.2) is 47.3 Å². The summed E-state index contributed by atoms with van der Waals surface area (Å²) in [5, 5.41) is -0.570. The van der Waals surface area contributed by atoms with E-state index in [1.807, 2.05) is 0 Å². The highest BCUT2D eigenvalue weighted by atomic mass is 35.5. The van der Waals surface area contributed by atoms with Gasteiger partial charge in [-0.3, -0.25) is 10.2 Å². The van der Waals surface area contributed by atoms with Gasteiger partial charge in [0, 0.05) is 0 Å². The van der Waals surface area contributed by atoms with Crippen LogP contribution in [-0.4, -0.2) is 9.66 Å². The second-order valence-electron chi connectivity index (χ2n) is 5.72. The number of rotatable bonds is 3. The summed E-state index contributed by atoms with van der Waals surface area (Å²) < 4.78 is 53.8. The zero-order valence-corrected chi connectivity index (χ0v) is 14.7. The summed E-state index contributed by atoms with van der Waals surface area (Å²) in [6, 6.07) is 7.55. The average molecular weight is 403 g/mol. The van der Waals surface area contributed by atoms with Crippen molar-refractivity contribution in [2.45, 2.75) is 19.1 Å². The fourth-order valence-electron chi connectivity index (χ4n) is 2.55. The molecule has 0 aliphatic rings. The van der Waals surface area contributed by atoms with Crippen LogP contribution >= 0.6 is 12.4 Å². The highest BCUT2D eigenvalue weighted by molar-refractivity contribution is 5.85. The summed E-state index contributed by atoms with van der Waals surface area (Å²) in [4.78, 5) is 16.9. The highest BCUT2D eigenvalue weighted by Crippen LogP contribution is 2.33. The zero-order chi connectivity index (χ0) is 19.1. The Balaban J connectivity index is 0.00000261. The lowest BCUT2D eigenvalue weighted by molar-refractivity contribution is -0.136. The fourth-order valence-corrected chi connectivity index (χ4v) is 2.55. The predicted octanol–water partition coefficient (Wildman–Crippen LogP) is 3.87. The van der Waals surface area contributed by atoms with E-state index < -0.39 is 34.5 Å². The van der Waals surface area contributed by atoms with E-state index in [-0.39, 0.29) is 23.7 Å². The van der Waals surface area contributed by atoms with Crippen molar-refractivity contribution in [2.24, 2.45) is 5.73 Å². The number of fused-ring (bicyclic) bond motifs is 1. The lowest BCUT2D eigenvalue weighted by atomic mass is 10.1. The minimum Gasteiger partial charge on any atom is -0.322 e. The van der Waals surface area contributed by atoms with Crippen LogP contribution in [-0.2, 0) is 6.18 Å². The molecule has 3 aromatic rings. The normalized spacial score (nSPS) is 12.5. The molecule has 0 saturated heterocycles. The Hall–Kier alpha value is -2.65. The molecule has 0 unspecified atom stereocenters. The molecule has 0 fully saturated rings. The van der Waals surface area contributed by atoms with Crippen molar-refractivity contribution >= 4 is 29.0 Å². The second kappa shape index (κ2) is 7.53. The second-order valence-corrected chi connectivity index (χ2v) is 5.72. The van der Waals surface area contributed by atoms with Gasteiger partial charge in [0.25, 0.3) is 5.56 Å². The SMILES string of the molecule is C[C@H](N)c1nc2cccc(C(F)(F)F)c2c(=O)n1Nc1ccc(F)cc1.Cl. The molecule has 0 amide bonds. The number of hydrogen-bond donors (Lipinski definition) is 2. The number of nitrogens with zero attached hydrogens (tertiary/aromatic N) is 2. The van der Waals surface area contributed by atoms with Crippen LogP contribution in [0.3, 0.4) is 0 Å². The number of benzene rings is 2. The van der Waals surface area contributed by atoms with Crippen LogP contribution < -0.4 is 16.7 Å². The monoisotopic (exact) mass is 402 g/mol. The molecule has 0 aliphatic heterocycles. The summed E-state index contributed by atoms with van der Waals surface area (Å²) in [6.07, 6.45) is -4.72. The van der Waals surface area contributed by atoms with Crippen molar-refractivity contribution in [2.75, 3.05) is 5.43 Å². The van der Waals surface area contributed by atoms with Gasteiger partial charge >= 0.3 is 6.18 Å². The molecule has 2 aromatic carbocycles. The Kier molecular flexibility index (Phi) is 5.76. The van der Waals surface area contributed by atoms with Crippen molar-refractivity contribution in [3.05, 3.63) is 70.0 Å². The van der Waals surface area contributed by atoms with E-state index >= 15 is 0 Å². The molecule has 1 heterocycles. The third-order valence-corrected chi connectivity index (χ3v) is 3.72. The molecule has 144 valence electrons. The summed E-state index contributed by atoms with van der Waals surface area (Å²) in [5.74, 6) is -0.447. The van der Waals surface area contributed by atoms with Crippen molar-refractivity contribution in [1.29, 1.82) is 0 Å². The van der Waals surface area contributed by atoms with Gasteiger partial charge in [0.05, 0.1) is 28.2 Å². The molecule has 3 N–H and O–H groups in total. The Morgan fingerprint density at radius 3 is 2.33 bits per heavy atom. The van der Waals surface area contributed by atoms with Gasteiger partial charge in [-0.25, -0.2) is 14.1 Å². The van der Waals surface area contributed by atoms with E-state index in [1.165, 1.54) is 24.3 Å². The number of nitrogens with one attached hydrogen (secondary N) is 1. The molecule has 1 aromatic heterocycles. The maximum absolute atomic E-state index is 13.3. The first-order chi connectivity index (χ1) is 12.2. The third kappa shape index (κ3) is 4.04. The van der Waals surface area contributed by atoms with Crippen LogP contribution in [0.4, 0.5) is 23.2 Å². The van der Waals surface area contributed by atoms with Crippen LogP contribution in [0.1, 0.15) is 24.4 Å². The molecule has 0 spiro atoms. The number of aromatic nitrogens is 2. The molecule has 10 heteroatoms. The minimum atomic E-state index is -4.72.